The topological polar surface area (TPSA) is 35.0 Å². The number of hydrogen-bond donors (Lipinski definition) is 0. The molecule has 0 aliphatic heterocycles. The fourth-order valence-electron chi connectivity index (χ4n) is 0.850. The molecule has 0 spiro atoms. The predicted molar refractivity (Wildman–Crippen MR) is 48.2 cm³/mol. The van der Waals surface area contributed by atoms with E-state index >= 15 is 0 Å². The highest BCUT2D eigenvalue weighted by atomic mass is 35.5. The maximum Gasteiger partial charge on any atom is 0.433 e. The van der Waals surface area contributed by atoms with Gasteiger partial charge < -0.3 is 4.74 Å². The van der Waals surface area contributed by atoms with Crippen LogP contribution in [0, 0.1) is 0 Å². The van der Waals surface area contributed by atoms with Crippen molar-refractivity contribution in [1.29, 1.82) is 0 Å². The lowest BCUT2D eigenvalue weighted by Crippen LogP contribution is -2.31. The van der Waals surface area contributed by atoms with Crippen molar-refractivity contribution in [2.75, 3.05) is 0 Å². The summed E-state index contributed by atoms with van der Waals surface area (Å²) in [6, 6.07) is 0.244. The molecule has 1 atom stereocenters. The molecule has 3 nitrogen and oxygen atoms in total. The molecule has 0 saturated carbocycles. The van der Waals surface area contributed by atoms with Gasteiger partial charge in [-0.3, -0.25) is 0 Å². The second kappa shape index (κ2) is 4.79. The van der Waals surface area contributed by atoms with Crippen LogP contribution in [0.3, 0.4) is 0 Å². The van der Waals surface area contributed by atoms with Gasteiger partial charge in [0, 0.05) is 6.07 Å². The first-order valence-electron chi connectivity index (χ1n) is 4.35. The Hall–Kier alpha value is -1.25. The van der Waals surface area contributed by atoms with Crippen LogP contribution in [0.25, 0.3) is 0 Å². The Labute approximate surface area is 102 Å². The van der Waals surface area contributed by atoms with Gasteiger partial charge in [-0.15, -0.1) is 0 Å². The number of ether oxygens (including phenoxy) is 1. The molecule has 1 rings (SSSR count). The van der Waals surface area contributed by atoms with Crippen molar-refractivity contribution < 1.29 is 31.1 Å². The fraction of sp³-hybridized carbons (Fsp3) is 0.500. The van der Waals surface area contributed by atoms with Gasteiger partial charge in [0.15, 0.2) is 11.8 Å². The Morgan fingerprint density at radius 3 is 2.17 bits per heavy atom. The van der Waals surface area contributed by atoms with Gasteiger partial charge in [-0.25, -0.2) is 4.98 Å². The molecular formula is C8H5ClF6N2O. The number of halogens is 7. The van der Waals surface area contributed by atoms with Gasteiger partial charge in [0.1, 0.15) is 0 Å². The summed E-state index contributed by atoms with van der Waals surface area (Å²) in [6.45, 7) is 0.628. The SMILES string of the molecule is CC(Oc1cc(C(F)(F)F)nc(Cl)n1)C(F)(F)F. The molecule has 0 aromatic carbocycles. The zero-order chi connectivity index (χ0) is 14.1. The summed E-state index contributed by atoms with van der Waals surface area (Å²) in [6.07, 6.45) is -11.9. The lowest BCUT2D eigenvalue weighted by molar-refractivity contribution is -0.190. The summed E-state index contributed by atoms with van der Waals surface area (Å²) in [5.74, 6) is -0.896. The molecule has 0 aliphatic rings. The van der Waals surface area contributed by atoms with Gasteiger partial charge in [-0.1, -0.05) is 0 Å². The zero-order valence-electron chi connectivity index (χ0n) is 8.60. The molecule has 1 unspecified atom stereocenters. The third kappa shape index (κ3) is 3.90. The normalized spacial score (nSPS) is 14.4. The van der Waals surface area contributed by atoms with Crippen LogP contribution in [0.15, 0.2) is 6.07 Å². The van der Waals surface area contributed by atoms with Crippen LogP contribution in [-0.4, -0.2) is 22.2 Å². The Morgan fingerprint density at radius 2 is 1.72 bits per heavy atom. The van der Waals surface area contributed by atoms with E-state index in [1.807, 2.05) is 0 Å². The van der Waals surface area contributed by atoms with E-state index in [0.29, 0.717) is 6.92 Å². The summed E-state index contributed by atoms with van der Waals surface area (Å²) in [7, 11) is 0. The number of alkyl halides is 6. The van der Waals surface area contributed by atoms with Crippen molar-refractivity contribution in [2.45, 2.75) is 25.4 Å². The second-order valence-corrected chi connectivity index (χ2v) is 3.50. The van der Waals surface area contributed by atoms with Crippen LogP contribution in [-0.2, 0) is 6.18 Å². The molecule has 1 aromatic rings. The minimum atomic E-state index is -4.85. The number of hydrogen-bond acceptors (Lipinski definition) is 3. The van der Waals surface area contributed by atoms with Crippen LogP contribution in [0.1, 0.15) is 12.6 Å². The molecule has 1 aromatic heterocycles. The van der Waals surface area contributed by atoms with Crippen LogP contribution in [0.2, 0.25) is 5.28 Å². The Kier molecular flexibility index (Phi) is 3.94. The molecule has 0 amide bonds. The van der Waals surface area contributed by atoms with Gasteiger partial charge in [0.2, 0.25) is 11.2 Å². The minimum Gasteiger partial charge on any atom is -0.465 e. The first-order valence-corrected chi connectivity index (χ1v) is 4.73. The van der Waals surface area contributed by atoms with Crippen LogP contribution >= 0.6 is 11.6 Å². The molecule has 1 heterocycles. The van der Waals surface area contributed by atoms with Gasteiger partial charge in [0.05, 0.1) is 0 Å². The van der Waals surface area contributed by atoms with E-state index in [9.17, 15) is 26.3 Å². The maximum absolute atomic E-state index is 12.3. The summed E-state index contributed by atoms with van der Waals surface area (Å²) in [5, 5.41) is -0.853. The quantitative estimate of drug-likeness (QED) is 0.619. The smallest absolute Gasteiger partial charge is 0.433 e. The summed E-state index contributed by atoms with van der Waals surface area (Å²) in [4.78, 5) is 5.98. The molecule has 0 saturated heterocycles. The summed E-state index contributed by atoms with van der Waals surface area (Å²) < 4.78 is 77.6. The fourth-order valence-corrected chi connectivity index (χ4v) is 1.02. The third-order valence-electron chi connectivity index (χ3n) is 1.72. The van der Waals surface area contributed by atoms with Gasteiger partial charge in [-0.05, 0) is 18.5 Å². The largest absolute Gasteiger partial charge is 0.465 e. The lowest BCUT2D eigenvalue weighted by Gasteiger charge is -2.17. The Balaban J connectivity index is 3.01. The highest BCUT2D eigenvalue weighted by Gasteiger charge is 2.39. The first kappa shape index (κ1) is 14.8. The molecule has 0 bridgehead atoms. The first-order chi connectivity index (χ1) is 8.00. The predicted octanol–water partition coefficient (Wildman–Crippen LogP) is 3.48. The standard InChI is InChI=1S/C8H5ClF6N2O/c1-3(7(10,11)12)18-5-2-4(8(13,14)15)16-6(9)17-5/h2-3H,1H3. The Bertz CT molecular complexity index is 433. The lowest BCUT2D eigenvalue weighted by atomic mass is 10.3. The van der Waals surface area contributed by atoms with E-state index in [0.717, 1.165) is 0 Å². The van der Waals surface area contributed by atoms with Crippen molar-refractivity contribution in [3.8, 4) is 5.88 Å². The van der Waals surface area contributed by atoms with Crippen LogP contribution < -0.4 is 4.74 Å². The van der Waals surface area contributed by atoms with Crippen LogP contribution in [0.5, 0.6) is 5.88 Å². The van der Waals surface area contributed by atoms with E-state index in [1.54, 1.807) is 0 Å². The number of rotatable bonds is 2. The zero-order valence-corrected chi connectivity index (χ0v) is 9.36. The number of aromatic nitrogens is 2. The van der Waals surface area contributed by atoms with Crippen molar-refractivity contribution in [1.82, 2.24) is 9.97 Å². The molecule has 0 N–H and O–H groups in total. The Morgan fingerprint density at radius 1 is 1.17 bits per heavy atom. The third-order valence-corrected chi connectivity index (χ3v) is 1.89. The molecule has 18 heavy (non-hydrogen) atoms. The molecular weight excluding hydrogens is 290 g/mol. The molecule has 0 aliphatic carbocycles. The highest BCUT2D eigenvalue weighted by molar-refractivity contribution is 6.28. The van der Waals surface area contributed by atoms with Crippen molar-refractivity contribution in [3.05, 3.63) is 17.0 Å². The summed E-state index contributed by atoms with van der Waals surface area (Å²) >= 11 is 5.17. The highest BCUT2D eigenvalue weighted by Crippen LogP contribution is 2.31. The molecule has 10 heteroatoms. The number of nitrogens with zero attached hydrogens (tertiary/aromatic N) is 2. The van der Waals surface area contributed by atoms with Crippen molar-refractivity contribution in [2.24, 2.45) is 0 Å². The van der Waals surface area contributed by atoms with Gasteiger partial charge in [0.25, 0.3) is 0 Å². The van der Waals surface area contributed by atoms with E-state index in [-0.39, 0.29) is 6.07 Å². The van der Waals surface area contributed by atoms with Gasteiger partial charge in [-0.2, -0.15) is 31.3 Å². The van der Waals surface area contributed by atoms with Gasteiger partial charge >= 0.3 is 12.4 Å². The van der Waals surface area contributed by atoms with Crippen molar-refractivity contribution >= 4 is 11.6 Å². The maximum atomic E-state index is 12.3. The average Bonchev–Trinajstić information content (AvgIpc) is 2.13. The van der Waals surface area contributed by atoms with E-state index in [4.69, 9.17) is 11.6 Å². The van der Waals surface area contributed by atoms with Crippen LogP contribution in [0.4, 0.5) is 26.3 Å². The summed E-state index contributed by atoms with van der Waals surface area (Å²) in [5.41, 5.74) is -1.48. The molecule has 0 fully saturated rings. The molecule has 0 radical (unpaired) electrons. The van der Waals surface area contributed by atoms with E-state index in [1.165, 1.54) is 0 Å². The monoisotopic (exact) mass is 294 g/mol. The second-order valence-electron chi connectivity index (χ2n) is 3.16. The van der Waals surface area contributed by atoms with E-state index < -0.39 is 35.3 Å². The molecule has 102 valence electrons. The average molecular weight is 295 g/mol. The van der Waals surface area contributed by atoms with Crippen molar-refractivity contribution in [3.63, 3.8) is 0 Å². The van der Waals surface area contributed by atoms with E-state index in [2.05, 4.69) is 14.7 Å². The minimum absolute atomic E-state index is 0.244.